The SMILES string of the molecule is O=C(COC(=O)C1=COCCO1)Nc1ccccc1Br. The fraction of sp³-hybridized carbons (Fsp3) is 0.231. The van der Waals surface area contributed by atoms with Crippen LogP contribution in [-0.4, -0.2) is 31.7 Å². The molecule has 0 radical (unpaired) electrons. The molecule has 1 N–H and O–H groups in total. The third-order valence-corrected chi connectivity index (χ3v) is 3.02. The number of amides is 1. The van der Waals surface area contributed by atoms with Crippen LogP contribution in [0.1, 0.15) is 0 Å². The summed E-state index contributed by atoms with van der Waals surface area (Å²) < 4.78 is 15.5. The van der Waals surface area contributed by atoms with E-state index in [2.05, 4.69) is 21.2 Å². The van der Waals surface area contributed by atoms with Crippen LogP contribution in [0.3, 0.4) is 0 Å². The van der Waals surface area contributed by atoms with Gasteiger partial charge < -0.3 is 19.5 Å². The number of carbonyl (C=O) groups is 2. The van der Waals surface area contributed by atoms with Gasteiger partial charge in [-0.3, -0.25) is 4.79 Å². The summed E-state index contributed by atoms with van der Waals surface area (Å²) in [6.07, 6.45) is 1.18. The molecule has 2 rings (SSSR count). The van der Waals surface area contributed by atoms with Gasteiger partial charge in [-0.2, -0.15) is 0 Å². The Labute approximate surface area is 123 Å². The first-order chi connectivity index (χ1) is 9.66. The maximum atomic E-state index is 11.7. The highest BCUT2D eigenvalue weighted by Gasteiger charge is 2.18. The second-order valence-corrected chi connectivity index (χ2v) is 4.66. The molecular formula is C13H12BrNO5. The molecule has 106 valence electrons. The monoisotopic (exact) mass is 341 g/mol. The van der Waals surface area contributed by atoms with Crippen LogP contribution in [0.2, 0.25) is 0 Å². The fourth-order valence-corrected chi connectivity index (χ4v) is 1.81. The maximum Gasteiger partial charge on any atom is 0.377 e. The van der Waals surface area contributed by atoms with Gasteiger partial charge in [-0.25, -0.2) is 4.79 Å². The third-order valence-electron chi connectivity index (χ3n) is 2.33. The van der Waals surface area contributed by atoms with E-state index in [0.29, 0.717) is 12.3 Å². The van der Waals surface area contributed by atoms with Crippen molar-refractivity contribution in [3.05, 3.63) is 40.8 Å². The van der Waals surface area contributed by atoms with Gasteiger partial charge in [0, 0.05) is 4.47 Å². The highest BCUT2D eigenvalue weighted by molar-refractivity contribution is 9.10. The predicted molar refractivity (Wildman–Crippen MR) is 73.7 cm³/mol. The van der Waals surface area contributed by atoms with Gasteiger partial charge in [-0.05, 0) is 28.1 Å². The van der Waals surface area contributed by atoms with Crippen LogP contribution in [0.4, 0.5) is 5.69 Å². The lowest BCUT2D eigenvalue weighted by atomic mass is 10.3. The fourth-order valence-electron chi connectivity index (χ4n) is 1.43. The molecule has 1 aromatic carbocycles. The molecule has 6 nitrogen and oxygen atoms in total. The van der Waals surface area contributed by atoms with E-state index in [1.54, 1.807) is 18.2 Å². The van der Waals surface area contributed by atoms with Crippen LogP contribution < -0.4 is 5.32 Å². The quantitative estimate of drug-likeness (QED) is 0.845. The van der Waals surface area contributed by atoms with Crippen molar-refractivity contribution in [3.8, 4) is 0 Å². The van der Waals surface area contributed by atoms with E-state index in [4.69, 9.17) is 14.2 Å². The molecule has 0 unspecified atom stereocenters. The standard InChI is InChI=1S/C13H12BrNO5/c14-9-3-1-2-4-10(9)15-12(16)8-20-13(17)11-7-18-5-6-19-11/h1-4,7H,5-6,8H2,(H,15,16). The van der Waals surface area contributed by atoms with Crippen LogP contribution >= 0.6 is 15.9 Å². The molecule has 0 spiro atoms. The number of carbonyl (C=O) groups excluding carboxylic acids is 2. The average Bonchev–Trinajstić information content (AvgIpc) is 2.48. The Morgan fingerprint density at radius 2 is 2.10 bits per heavy atom. The van der Waals surface area contributed by atoms with E-state index >= 15 is 0 Å². The van der Waals surface area contributed by atoms with Crippen molar-refractivity contribution < 1.29 is 23.8 Å². The van der Waals surface area contributed by atoms with E-state index in [1.807, 2.05) is 6.07 Å². The Bertz CT molecular complexity index is 543. The summed E-state index contributed by atoms with van der Waals surface area (Å²) in [6, 6.07) is 7.13. The van der Waals surface area contributed by atoms with Crippen molar-refractivity contribution in [2.45, 2.75) is 0 Å². The zero-order chi connectivity index (χ0) is 14.4. The van der Waals surface area contributed by atoms with Gasteiger partial charge >= 0.3 is 5.97 Å². The van der Waals surface area contributed by atoms with E-state index in [1.165, 1.54) is 6.26 Å². The van der Waals surface area contributed by atoms with E-state index in [9.17, 15) is 9.59 Å². The first-order valence-electron chi connectivity index (χ1n) is 5.83. The van der Waals surface area contributed by atoms with Crippen molar-refractivity contribution in [2.24, 2.45) is 0 Å². The lowest BCUT2D eigenvalue weighted by molar-refractivity contribution is -0.148. The first kappa shape index (κ1) is 14.4. The Morgan fingerprint density at radius 1 is 1.30 bits per heavy atom. The van der Waals surface area contributed by atoms with Gasteiger partial charge in [0.1, 0.15) is 19.5 Å². The summed E-state index contributed by atoms with van der Waals surface area (Å²) in [7, 11) is 0. The van der Waals surface area contributed by atoms with Gasteiger partial charge in [0.2, 0.25) is 5.76 Å². The summed E-state index contributed by atoms with van der Waals surface area (Å²) in [5.74, 6) is -1.21. The van der Waals surface area contributed by atoms with Crippen LogP contribution in [0.25, 0.3) is 0 Å². The molecule has 0 aliphatic carbocycles. The van der Waals surface area contributed by atoms with Crippen LogP contribution in [-0.2, 0) is 23.8 Å². The second kappa shape index (κ2) is 6.95. The highest BCUT2D eigenvalue weighted by atomic mass is 79.9. The van der Waals surface area contributed by atoms with Crippen molar-refractivity contribution in [2.75, 3.05) is 25.1 Å². The molecule has 0 fully saturated rings. The molecule has 7 heteroatoms. The molecular weight excluding hydrogens is 330 g/mol. The predicted octanol–water partition coefficient (Wildman–Crippen LogP) is 1.82. The number of halogens is 1. The van der Waals surface area contributed by atoms with Crippen molar-refractivity contribution in [3.63, 3.8) is 0 Å². The van der Waals surface area contributed by atoms with Gasteiger partial charge in [0.05, 0.1) is 5.69 Å². The van der Waals surface area contributed by atoms with Gasteiger partial charge in [-0.1, -0.05) is 12.1 Å². The van der Waals surface area contributed by atoms with E-state index in [-0.39, 0.29) is 12.4 Å². The maximum absolute atomic E-state index is 11.7. The number of nitrogens with one attached hydrogen (secondary N) is 1. The highest BCUT2D eigenvalue weighted by Crippen LogP contribution is 2.20. The summed E-state index contributed by atoms with van der Waals surface area (Å²) in [5.41, 5.74) is 0.602. The number of benzene rings is 1. The summed E-state index contributed by atoms with van der Waals surface area (Å²) in [5, 5.41) is 2.61. The van der Waals surface area contributed by atoms with Gasteiger partial charge in [0.15, 0.2) is 6.61 Å². The van der Waals surface area contributed by atoms with Crippen molar-refractivity contribution in [1.82, 2.24) is 0 Å². The topological polar surface area (TPSA) is 73.9 Å². The Hall–Kier alpha value is -2.02. The van der Waals surface area contributed by atoms with E-state index in [0.717, 1.165) is 4.47 Å². The van der Waals surface area contributed by atoms with Crippen LogP contribution in [0, 0.1) is 0 Å². The second-order valence-electron chi connectivity index (χ2n) is 3.81. The molecule has 1 heterocycles. The lowest BCUT2D eigenvalue weighted by Crippen LogP contribution is -2.23. The molecule has 1 aliphatic heterocycles. The molecule has 0 saturated carbocycles. The average molecular weight is 342 g/mol. The Balaban J connectivity index is 1.82. The normalized spacial score (nSPS) is 13.6. The van der Waals surface area contributed by atoms with Crippen molar-refractivity contribution in [1.29, 1.82) is 0 Å². The minimum atomic E-state index is -0.730. The lowest BCUT2D eigenvalue weighted by Gasteiger charge is -2.14. The Morgan fingerprint density at radius 3 is 2.80 bits per heavy atom. The molecule has 1 aromatic rings. The number of para-hydroxylation sites is 1. The smallest absolute Gasteiger partial charge is 0.377 e. The number of rotatable bonds is 4. The van der Waals surface area contributed by atoms with Crippen LogP contribution in [0.15, 0.2) is 40.8 Å². The molecule has 0 atom stereocenters. The number of hydrogen-bond donors (Lipinski definition) is 1. The summed E-state index contributed by atoms with van der Waals surface area (Å²) >= 11 is 3.30. The number of anilines is 1. The summed E-state index contributed by atoms with van der Waals surface area (Å²) in [4.78, 5) is 23.2. The molecule has 1 aliphatic rings. The minimum Gasteiger partial charge on any atom is -0.493 e. The zero-order valence-electron chi connectivity index (χ0n) is 10.4. The van der Waals surface area contributed by atoms with Gasteiger partial charge in [-0.15, -0.1) is 0 Å². The third kappa shape index (κ3) is 3.99. The number of esters is 1. The molecule has 0 aromatic heterocycles. The number of ether oxygens (including phenoxy) is 3. The van der Waals surface area contributed by atoms with Crippen LogP contribution in [0.5, 0.6) is 0 Å². The number of hydrogen-bond acceptors (Lipinski definition) is 5. The molecule has 1 amide bonds. The largest absolute Gasteiger partial charge is 0.493 e. The summed E-state index contributed by atoms with van der Waals surface area (Å²) in [6.45, 7) is 0.268. The first-order valence-corrected chi connectivity index (χ1v) is 6.62. The minimum absolute atomic E-state index is 0.0371. The van der Waals surface area contributed by atoms with E-state index < -0.39 is 18.5 Å². The van der Waals surface area contributed by atoms with Crippen molar-refractivity contribution >= 4 is 33.5 Å². The molecule has 20 heavy (non-hydrogen) atoms. The Kier molecular flexibility index (Phi) is 5.00. The molecule has 0 bridgehead atoms. The zero-order valence-corrected chi connectivity index (χ0v) is 12.0. The van der Waals surface area contributed by atoms with Gasteiger partial charge in [0.25, 0.3) is 5.91 Å². The molecule has 0 saturated heterocycles.